The highest BCUT2D eigenvalue weighted by atomic mass is 16.4. The van der Waals surface area contributed by atoms with Crippen LogP contribution in [0.3, 0.4) is 0 Å². The Labute approximate surface area is 161 Å². The summed E-state index contributed by atoms with van der Waals surface area (Å²) in [5.41, 5.74) is 5.65. The van der Waals surface area contributed by atoms with Gasteiger partial charge in [0.25, 0.3) is 0 Å². The Kier molecular flexibility index (Phi) is 8.37. The number of aliphatic carboxylic acids is 1. The predicted molar refractivity (Wildman–Crippen MR) is 112 cm³/mol. The van der Waals surface area contributed by atoms with Gasteiger partial charge in [-0.25, -0.2) is 0 Å². The van der Waals surface area contributed by atoms with Crippen LogP contribution in [0.5, 0.6) is 0 Å². The van der Waals surface area contributed by atoms with Crippen molar-refractivity contribution in [1.82, 2.24) is 0 Å². The molecule has 0 radical (unpaired) electrons. The third-order valence-corrected chi connectivity index (χ3v) is 5.56. The molecule has 1 N–H and O–H groups in total. The number of benzene rings is 1. The van der Waals surface area contributed by atoms with Crippen LogP contribution in [0, 0.1) is 24.7 Å². The van der Waals surface area contributed by atoms with Crippen LogP contribution in [0.15, 0.2) is 12.1 Å². The van der Waals surface area contributed by atoms with E-state index in [4.69, 9.17) is 0 Å². The molecule has 0 saturated carbocycles. The van der Waals surface area contributed by atoms with E-state index < -0.39 is 11.4 Å². The average Bonchev–Trinajstić information content (AvgIpc) is 2.51. The molecule has 1 aromatic rings. The molecule has 26 heavy (non-hydrogen) atoms. The van der Waals surface area contributed by atoms with Crippen molar-refractivity contribution in [2.24, 2.45) is 10.8 Å². The van der Waals surface area contributed by atoms with Crippen molar-refractivity contribution in [2.75, 3.05) is 0 Å². The Balaban J connectivity index is 2.66. The third-order valence-electron chi connectivity index (χ3n) is 5.56. The molecule has 0 bridgehead atoms. The number of hydrogen-bond acceptors (Lipinski definition) is 1. The maximum absolute atomic E-state index is 11.3. The molecule has 1 rings (SSSR count). The van der Waals surface area contributed by atoms with E-state index in [0.29, 0.717) is 5.41 Å². The molecular weight excluding hydrogens is 320 g/mol. The molecule has 0 aliphatic heterocycles. The lowest BCUT2D eigenvalue weighted by Crippen LogP contribution is -2.23. The lowest BCUT2D eigenvalue weighted by Gasteiger charge is -2.20. The van der Waals surface area contributed by atoms with Gasteiger partial charge in [0, 0.05) is 0 Å². The van der Waals surface area contributed by atoms with Gasteiger partial charge >= 0.3 is 5.97 Å². The standard InChI is InChI=1S/C24H40O2/c1-18-14-15-19(2)21(13-9-11-17-24(6,7)22(25)26)20(18)12-8-10-16-23(3,4)5/h14-15H,8-13,16-17H2,1-7H3,(H,25,26). The fourth-order valence-corrected chi connectivity index (χ4v) is 3.56. The minimum absolute atomic E-state index is 0.418. The van der Waals surface area contributed by atoms with E-state index in [0.717, 1.165) is 25.7 Å². The van der Waals surface area contributed by atoms with Gasteiger partial charge in [-0.3, -0.25) is 4.79 Å². The molecule has 148 valence electrons. The predicted octanol–water partition coefficient (Wildman–Crippen LogP) is 6.89. The van der Waals surface area contributed by atoms with Crippen LogP contribution in [0.2, 0.25) is 0 Å². The first-order valence-corrected chi connectivity index (χ1v) is 10.3. The van der Waals surface area contributed by atoms with E-state index in [9.17, 15) is 9.90 Å². The molecule has 0 aliphatic carbocycles. The Morgan fingerprint density at radius 1 is 0.808 bits per heavy atom. The molecule has 0 fully saturated rings. The van der Waals surface area contributed by atoms with Crippen molar-refractivity contribution in [3.8, 4) is 0 Å². The van der Waals surface area contributed by atoms with E-state index in [-0.39, 0.29) is 0 Å². The normalized spacial score (nSPS) is 12.4. The quantitative estimate of drug-likeness (QED) is 0.461. The zero-order chi connectivity index (χ0) is 20.0. The number of hydrogen-bond donors (Lipinski definition) is 1. The fourth-order valence-electron chi connectivity index (χ4n) is 3.56. The van der Waals surface area contributed by atoms with E-state index in [2.05, 4.69) is 46.8 Å². The van der Waals surface area contributed by atoms with Gasteiger partial charge in [-0.1, -0.05) is 45.7 Å². The van der Waals surface area contributed by atoms with Crippen LogP contribution in [-0.4, -0.2) is 11.1 Å². The summed E-state index contributed by atoms with van der Waals surface area (Å²) >= 11 is 0. The zero-order valence-electron chi connectivity index (χ0n) is 18.2. The Hall–Kier alpha value is -1.31. The largest absolute Gasteiger partial charge is 0.481 e. The van der Waals surface area contributed by atoms with Gasteiger partial charge in [-0.05, 0) is 93.9 Å². The summed E-state index contributed by atoms with van der Waals surface area (Å²) in [6.45, 7) is 15.0. The van der Waals surface area contributed by atoms with Gasteiger partial charge in [0.1, 0.15) is 0 Å². The molecule has 0 heterocycles. The summed E-state index contributed by atoms with van der Waals surface area (Å²) in [7, 11) is 0. The summed E-state index contributed by atoms with van der Waals surface area (Å²) in [5, 5.41) is 9.26. The Morgan fingerprint density at radius 3 is 1.62 bits per heavy atom. The topological polar surface area (TPSA) is 37.3 Å². The van der Waals surface area contributed by atoms with Crippen molar-refractivity contribution in [3.05, 3.63) is 34.4 Å². The van der Waals surface area contributed by atoms with Crippen LogP contribution in [-0.2, 0) is 17.6 Å². The molecule has 0 atom stereocenters. The molecule has 0 aromatic heterocycles. The van der Waals surface area contributed by atoms with Crippen LogP contribution < -0.4 is 0 Å². The van der Waals surface area contributed by atoms with Gasteiger partial charge in [0.05, 0.1) is 5.41 Å². The number of aryl methyl sites for hydroxylation is 2. The maximum atomic E-state index is 11.3. The molecule has 0 aliphatic rings. The number of unbranched alkanes of at least 4 members (excludes halogenated alkanes) is 2. The van der Waals surface area contributed by atoms with Gasteiger partial charge in [-0.2, -0.15) is 0 Å². The number of carbonyl (C=O) groups is 1. The summed E-state index contributed by atoms with van der Waals surface area (Å²) < 4.78 is 0. The lowest BCUT2D eigenvalue weighted by atomic mass is 9.85. The summed E-state index contributed by atoms with van der Waals surface area (Å²) in [4.78, 5) is 11.3. The minimum Gasteiger partial charge on any atom is -0.481 e. The summed E-state index contributed by atoms with van der Waals surface area (Å²) in [5.74, 6) is -0.691. The molecule has 0 saturated heterocycles. The smallest absolute Gasteiger partial charge is 0.309 e. The SMILES string of the molecule is Cc1ccc(C)c(CCCCC(C)(C)C(=O)O)c1CCCCC(C)(C)C. The van der Waals surface area contributed by atoms with Gasteiger partial charge < -0.3 is 5.11 Å². The fraction of sp³-hybridized carbons (Fsp3) is 0.708. The maximum Gasteiger partial charge on any atom is 0.309 e. The first kappa shape index (κ1) is 22.7. The second-order valence-corrected chi connectivity index (χ2v) is 9.82. The van der Waals surface area contributed by atoms with Crippen LogP contribution >= 0.6 is 0 Å². The summed E-state index contributed by atoms with van der Waals surface area (Å²) in [6, 6.07) is 4.50. The first-order chi connectivity index (χ1) is 11.9. The van der Waals surface area contributed by atoms with Crippen molar-refractivity contribution in [2.45, 2.75) is 99.8 Å². The number of rotatable bonds is 10. The van der Waals surface area contributed by atoms with E-state index in [1.807, 2.05) is 13.8 Å². The van der Waals surface area contributed by atoms with Crippen LogP contribution in [0.4, 0.5) is 0 Å². The molecular formula is C24H40O2. The van der Waals surface area contributed by atoms with Crippen molar-refractivity contribution < 1.29 is 9.90 Å². The Bertz CT molecular complexity index is 591. The van der Waals surface area contributed by atoms with Gasteiger partial charge in [-0.15, -0.1) is 0 Å². The van der Waals surface area contributed by atoms with Gasteiger partial charge in [0.2, 0.25) is 0 Å². The van der Waals surface area contributed by atoms with E-state index >= 15 is 0 Å². The van der Waals surface area contributed by atoms with Crippen molar-refractivity contribution in [3.63, 3.8) is 0 Å². The second-order valence-electron chi connectivity index (χ2n) is 9.82. The highest BCUT2D eigenvalue weighted by Crippen LogP contribution is 2.28. The number of carboxylic acids is 1. The Morgan fingerprint density at radius 2 is 1.23 bits per heavy atom. The number of carboxylic acid groups (broad SMARTS) is 1. The van der Waals surface area contributed by atoms with Crippen molar-refractivity contribution in [1.29, 1.82) is 0 Å². The van der Waals surface area contributed by atoms with Crippen molar-refractivity contribution >= 4 is 5.97 Å². The van der Waals surface area contributed by atoms with Crippen LogP contribution in [0.1, 0.15) is 95.4 Å². The molecule has 1 aromatic carbocycles. The molecule has 0 unspecified atom stereocenters. The average molecular weight is 361 g/mol. The second kappa shape index (κ2) is 9.58. The van der Waals surface area contributed by atoms with E-state index in [1.54, 1.807) is 0 Å². The zero-order valence-corrected chi connectivity index (χ0v) is 18.2. The minimum atomic E-state index is -0.691. The molecule has 0 amide bonds. The molecule has 2 heteroatoms. The first-order valence-electron chi connectivity index (χ1n) is 10.3. The van der Waals surface area contributed by atoms with Gasteiger partial charge in [0.15, 0.2) is 0 Å². The lowest BCUT2D eigenvalue weighted by molar-refractivity contribution is -0.147. The highest BCUT2D eigenvalue weighted by Gasteiger charge is 2.26. The molecule has 0 spiro atoms. The van der Waals surface area contributed by atoms with E-state index in [1.165, 1.54) is 47.9 Å². The summed E-state index contributed by atoms with van der Waals surface area (Å²) in [6.07, 6.45) is 8.82. The van der Waals surface area contributed by atoms with Crippen LogP contribution in [0.25, 0.3) is 0 Å². The highest BCUT2D eigenvalue weighted by molar-refractivity contribution is 5.73. The third kappa shape index (κ3) is 7.51. The molecule has 2 nitrogen and oxygen atoms in total. The monoisotopic (exact) mass is 360 g/mol.